The third-order valence-corrected chi connectivity index (χ3v) is 4.03. The predicted molar refractivity (Wildman–Crippen MR) is 93.5 cm³/mol. The van der Waals surface area contributed by atoms with Gasteiger partial charge in [-0.1, -0.05) is 25.1 Å². The van der Waals surface area contributed by atoms with Crippen molar-refractivity contribution < 1.29 is 9.53 Å². The molecule has 0 saturated heterocycles. The third kappa shape index (κ3) is 3.31. The van der Waals surface area contributed by atoms with Gasteiger partial charge in [0.05, 0.1) is 12.2 Å². The van der Waals surface area contributed by atoms with Gasteiger partial charge in [-0.25, -0.2) is 4.79 Å². The molecule has 4 heteroatoms. The van der Waals surface area contributed by atoms with Gasteiger partial charge < -0.3 is 10.1 Å². The summed E-state index contributed by atoms with van der Waals surface area (Å²) in [5.41, 5.74) is 3.99. The fraction of sp³-hybridized carbons (Fsp3) is 0.316. The van der Waals surface area contributed by atoms with Crippen molar-refractivity contribution in [3.8, 4) is 5.75 Å². The first-order chi connectivity index (χ1) is 11.1. The maximum Gasteiger partial charge on any atom is 0.326 e. The fourth-order valence-corrected chi connectivity index (χ4v) is 2.75. The Morgan fingerprint density at radius 3 is 2.70 bits per heavy atom. The van der Waals surface area contributed by atoms with Gasteiger partial charge in [0.25, 0.3) is 0 Å². The summed E-state index contributed by atoms with van der Waals surface area (Å²) in [5, 5.41) is 2.98. The van der Waals surface area contributed by atoms with Crippen LogP contribution in [-0.4, -0.2) is 18.7 Å². The van der Waals surface area contributed by atoms with Crippen molar-refractivity contribution in [2.24, 2.45) is 0 Å². The number of urea groups is 1. The molecule has 0 spiro atoms. The molecule has 2 aromatic rings. The van der Waals surface area contributed by atoms with Crippen LogP contribution in [0.2, 0.25) is 0 Å². The van der Waals surface area contributed by atoms with E-state index in [4.69, 9.17) is 4.74 Å². The number of anilines is 2. The Bertz CT molecular complexity index is 710. The van der Waals surface area contributed by atoms with E-state index in [0.717, 1.165) is 29.1 Å². The minimum atomic E-state index is -0.128. The first-order valence-electron chi connectivity index (χ1n) is 8.01. The van der Waals surface area contributed by atoms with Crippen LogP contribution in [0.1, 0.15) is 25.0 Å². The number of carbonyl (C=O) groups is 1. The van der Waals surface area contributed by atoms with Crippen LogP contribution in [0.25, 0.3) is 0 Å². The van der Waals surface area contributed by atoms with Crippen molar-refractivity contribution in [2.75, 3.05) is 16.8 Å². The van der Waals surface area contributed by atoms with E-state index >= 15 is 0 Å². The number of hydrogen-bond acceptors (Lipinski definition) is 2. The standard InChI is InChI=1S/C19H22N2O2/c1-4-15-6-8-16(9-7-15)20-19(22)21-12-14(3)23-18-10-5-13(2)11-17(18)21/h5-11,14H,4,12H2,1-3H3,(H,20,22)/t14-/m0/s1. The highest BCUT2D eigenvalue weighted by Crippen LogP contribution is 2.34. The smallest absolute Gasteiger partial charge is 0.326 e. The van der Waals surface area contributed by atoms with Gasteiger partial charge in [-0.2, -0.15) is 0 Å². The van der Waals surface area contributed by atoms with Crippen LogP contribution in [0.3, 0.4) is 0 Å². The summed E-state index contributed by atoms with van der Waals surface area (Å²) >= 11 is 0. The third-order valence-electron chi connectivity index (χ3n) is 4.03. The molecular weight excluding hydrogens is 288 g/mol. The molecule has 0 saturated carbocycles. The number of nitrogens with zero attached hydrogens (tertiary/aromatic N) is 1. The number of amides is 2. The average Bonchev–Trinajstić information content (AvgIpc) is 2.55. The lowest BCUT2D eigenvalue weighted by atomic mass is 10.1. The second-order valence-electron chi connectivity index (χ2n) is 5.99. The fourth-order valence-electron chi connectivity index (χ4n) is 2.75. The molecular formula is C19H22N2O2. The number of aryl methyl sites for hydroxylation is 2. The summed E-state index contributed by atoms with van der Waals surface area (Å²) in [6.07, 6.45) is 0.959. The topological polar surface area (TPSA) is 41.6 Å². The van der Waals surface area contributed by atoms with Crippen LogP contribution in [0.4, 0.5) is 16.2 Å². The molecule has 0 fully saturated rings. The van der Waals surface area contributed by atoms with Gasteiger partial charge >= 0.3 is 6.03 Å². The van der Waals surface area contributed by atoms with Gasteiger partial charge in [0.2, 0.25) is 0 Å². The number of rotatable bonds is 2. The molecule has 0 aromatic heterocycles. The van der Waals surface area contributed by atoms with E-state index in [1.807, 2.05) is 56.3 Å². The summed E-state index contributed by atoms with van der Waals surface area (Å²) in [7, 11) is 0. The van der Waals surface area contributed by atoms with E-state index in [2.05, 4.69) is 12.2 Å². The van der Waals surface area contributed by atoms with E-state index in [-0.39, 0.29) is 12.1 Å². The van der Waals surface area contributed by atoms with Crippen molar-refractivity contribution in [2.45, 2.75) is 33.3 Å². The minimum Gasteiger partial charge on any atom is -0.487 e. The Morgan fingerprint density at radius 2 is 2.00 bits per heavy atom. The van der Waals surface area contributed by atoms with Crippen molar-refractivity contribution in [1.82, 2.24) is 0 Å². The molecule has 1 aliphatic heterocycles. The van der Waals surface area contributed by atoms with E-state index < -0.39 is 0 Å². The summed E-state index contributed by atoms with van der Waals surface area (Å²) in [6, 6.07) is 13.7. The van der Waals surface area contributed by atoms with Gasteiger partial charge in [-0.05, 0) is 55.7 Å². The lowest BCUT2D eigenvalue weighted by Crippen LogP contribution is -2.44. The van der Waals surface area contributed by atoms with Gasteiger partial charge in [-0.15, -0.1) is 0 Å². The van der Waals surface area contributed by atoms with Gasteiger partial charge in [-0.3, -0.25) is 4.90 Å². The van der Waals surface area contributed by atoms with Gasteiger partial charge in [0.15, 0.2) is 0 Å². The molecule has 0 bridgehead atoms. The largest absolute Gasteiger partial charge is 0.487 e. The number of benzene rings is 2. The van der Waals surface area contributed by atoms with Crippen LogP contribution in [-0.2, 0) is 6.42 Å². The molecule has 4 nitrogen and oxygen atoms in total. The van der Waals surface area contributed by atoms with Crippen LogP contribution >= 0.6 is 0 Å². The molecule has 2 amide bonds. The van der Waals surface area contributed by atoms with Crippen LogP contribution in [0, 0.1) is 6.92 Å². The van der Waals surface area contributed by atoms with Crippen LogP contribution in [0.5, 0.6) is 5.75 Å². The normalized spacial score (nSPS) is 16.5. The van der Waals surface area contributed by atoms with Gasteiger partial charge in [0, 0.05) is 5.69 Å². The van der Waals surface area contributed by atoms with Crippen molar-refractivity contribution in [3.63, 3.8) is 0 Å². The quantitative estimate of drug-likeness (QED) is 0.894. The Morgan fingerprint density at radius 1 is 1.26 bits per heavy atom. The SMILES string of the molecule is CCc1ccc(NC(=O)N2C[C@H](C)Oc3ccc(C)cc32)cc1. The summed E-state index contributed by atoms with van der Waals surface area (Å²) < 4.78 is 5.83. The lowest BCUT2D eigenvalue weighted by Gasteiger charge is -2.33. The highest BCUT2D eigenvalue weighted by molar-refractivity contribution is 6.03. The van der Waals surface area contributed by atoms with Crippen molar-refractivity contribution >= 4 is 17.4 Å². The molecule has 120 valence electrons. The Hall–Kier alpha value is -2.49. The monoisotopic (exact) mass is 310 g/mol. The summed E-state index contributed by atoms with van der Waals surface area (Å²) in [6.45, 7) is 6.63. The Balaban J connectivity index is 1.83. The first-order valence-corrected chi connectivity index (χ1v) is 8.01. The van der Waals surface area contributed by atoms with Crippen LogP contribution in [0.15, 0.2) is 42.5 Å². The second-order valence-corrected chi connectivity index (χ2v) is 5.99. The number of ether oxygens (including phenoxy) is 1. The number of nitrogens with one attached hydrogen (secondary N) is 1. The van der Waals surface area contributed by atoms with E-state index in [1.54, 1.807) is 4.90 Å². The molecule has 1 heterocycles. The molecule has 1 atom stereocenters. The molecule has 0 radical (unpaired) electrons. The zero-order chi connectivity index (χ0) is 16.4. The minimum absolute atomic E-state index is 0.0292. The number of fused-ring (bicyclic) bond motifs is 1. The average molecular weight is 310 g/mol. The Kier molecular flexibility index (Phi) is 4.24. The first kappa shape index (κ1) is 15.4. The highest BCUT2D eigenvalue weighted by Gasteiger charge is 2.27. The number of hydrogen-bond donors (Lipinski definition) is 1. The highest BCUT2D eigenvalue weighted by atomic mass is 16.5. The maximum atomic E-state index is 12.7. The van der Waals surface area contributed by atoms with Gasteiger partial charge in [0.1, 0.15) is 11.9 Å². The number of carbonyl (C=O) groups excluding carboxylic acids is 1. The molecule has 0 aliphatic carbocycles. The maximum absolute atomic E-state index is 12.7. The zero-order valence-corrected chi connectivity index (χ0v) is 13.8. The Labute approximate surface area is 137 Å². The second kappa shape index (κ2) is 6.32. The molecule has 1 N–H and O–H groups in total. The summed E-state index contributed by atoms with van der Waals surface area (Å²) in [5.74, 6) is 0.755. The molecule has 23 heavy (non-hydrogen) atoms. The molecule has 1 aliphatic rings. The lowest BCUT2D eigenvalue weighted by molar-refractivity contribution is 0.208. The van der Waals surface area contributed by atoms with E-state index in [1.165, 1.54) is 5.56 Å². The van der Waals surface area contributed by atoms with Crippen molar-refractivity contribution in [1.29, 1.82) is 0 Å². The van der Waals surface area contributed by atoms with E-state index in [0.29, 0.717) is 6.54 Å². The summed E-state index contributed by atoms with van der Waals surface area (Å²) in [4.78, 5) is 14.5. The van der Waals surface area contributed by atoms with Crippen LogP contribution < -0.4 is 15.0 Å². The predicted octanol–water partition coefficient (Wildman–Crippen LogP) is 4.38. The molecule has 3 rings (SSSR count). The molecule has 2 aromatic carbocycles. The zero-order valence-electron chi connectivity index (χ0n) is 13.8. The molecule has 0 unspecified atom stereocenters. The van der Waals surface area contributed by atoms with E-state index in [9.17, 15) is 4.79 Å². The van der Waals surface area contributed by atoms with Crippen molar-refractivity contribution in [3.05, 3.63) is 53.6 Å².